The monoisotopic (exact) mass is 324 g/mol. The Labute approximate surface area is 138 Å². The van der Waals surface area contributed by atoms with Gasteiger partial charge < -0.3 is 5.32 Å². The number of ketones is 1. The van der Waals surface area contributed by atoms with Gasteiger partial charge in [0.2, 0.25) is 5.78 Å². The highest BCUT2D eigenvalue weighted by Crippen LogP contribution is 2.23. The molecule has 0 atom stereocenters. The molecule has 0 aliphatic rings. The van der Waals surface area contributed by atoms with Crippen LogP contribution in [0.5, 0.6) is 0 Å². The van der Waals surface area contributed by atoms with Gasteiger partial charge in [-0.05, 0) is 37.1 Å². The van der Waals surface area contributed by atoms with Crippen LogP contribution in [0.4, 0.5) is 5.69 Å². The van der Waals surface area contributed by atoms with E-state index >= 15 is 0 Å². The molecule has 0 fully saturated rings. The van der Waals surface area contributed by atoms with Crippen molar-refractivity contribution >= 4 is 38.9 Å². The third-order valence-corrected chi connectivity index (χ3v) is 4.66. The second-order valence-corrected chi connectivity index (χ2v) is 6.51. The summed E-state index contributed by atoms with van der Waals surface area (Å²) in [6.45, 7) is 3.81. The lowest BCUT2D eigenvalue weighted by molar-refractivity contribution is -0.134. The zero-order chi connectivity index (χ0) is 16.4. The van der Waals surface area contributed by atoms with E-state index in [1.807, 2.05) is 56.3 Å². The van der Waals surface area contributed by atoms with Crippen molar-refractivity contribution in [1.82, 2.24) is 4.98 Å². The van der Waals surface area contributed by atoms with Crippen molar-refractivity contribution in [3.63, 3.8) is 0 Å². The molecule has 0 unspecified atom stereocenters. The molecular weight excluding hydrogens is 308 g/mol. The Bertz CT molecular complexity index is 846. The van der Waals surface area contributed by atoms with E-state index in [1.54, 1.807) is 0 Å². The Morgan fingerprint density at radius 2 is 1.74 bits per heavy atom. The number of hydrogen-bond acceptors (Lipinski definition) is 4. The summed E-state index contributed by atoms with van der Waals surface area (Å²) in [6, 6.07) is 13.4. The highest BCUT2D eigenvalue weighted by atomic mass is 32.1. The molecule has 1 heterocycles. The first-order valence-corrected chi connectivity index (χ1v) is 8.11. The predicted molar refractivity (Wildman–Crippen MR) is 92.9 cm³/mol. The van der Waals surface area contributed by atoms with Crippen LogP contribution in [0, 0.1) is 13.8 Å². The zero-order valence-electron chi connectivity index (χ0n) is 12.9. The van der Waals surface area contributed by atoms with Crippen molar-refractivity contribution in [3.8, 4) is 0 Å². The molecule has 0 spiro atoms. The number of amides is 1. The number of para-hydroxylation sites is 2. The van der Waals surface area contributed by atoms with Gasteiger partial charge >= 0.3 is 0 Å². The highest BCUT2D eigenvalue weighted by molar-refractivity contribution is 7.18. The fourth-order valence-electron chi connectivity index (χ4n) is 2.41. The number of rotatable bonds is 4. The number of nitrogens with one attached hydrogen (secondary N) is 1. The fraction of sp³-hybridized carbons (Fsp3) is 0.167. The number of aryl methyl sites for hydroxylation is 2. The number of fused-ring (bicyclic) bond motifs is 1. The molecule has 1 amide bonds. The fourth-order valence-corrected chi connectivity index (χ4v) is 3.37. The lowest BCUT2D eigenvalue weighted by Gasteiger charge is -2.10. The summed E-state index contributed by atoms with van der Waals surface area (Å²) in [5.41, 5.74) is 3.43. The number of carbonyl (C=O) groups is 2. The average Bonchev–Trinajstić information content (AvgIpc) is 2.93. The van der Waals surface area contributed by atoms with E-state index in [9.17, 15) is 9.59 Å². The molecule has 0 bridgehead atoms. The largest absolute Gasteiger partial charge is 0.319 e. The number of benzene rings is 2. The van der Waals surface area contributed by atoms with Gasteiger partial charge in [0, 0.05) is 5.69 Å². The molecule has 5 heteroatoms. The normalized spacial score (nSPS) is 10.7. The van der Waals surface area contributed by atoms with Crippen molar-refractivity contribution in [2.24, 2.45) is 0 Å². The summed E-state index contributed by atoms with van der Waals surface area (Å²) in [4.78, 5) is 28.7. The van der Waals surface area contributed by atoms with Crippen molar-refractivity contribution < 1.29 is 9.59 Å². The Morgan fingerprint density at radius 1 is 1.04 bits per heavy atom. The standard InChI is InChI=1S/C18H16N2O2S/c1-11-6-5-7-12(2)17(11)20-18(22)14(21)10-16-19-13-8-3-4-9-15(13)23-16/h3-9H,10H2,1-2H3,(H,20,22). The van der Waals surface area contributed by atoms with Gasteiger partial charge in [0.1, 0.15) is 5.01 Å². The Hall–Kier alpha value is -2.53. The summed E-state index contributed by atoms with van der Waals surface area (Å²) < 4.78 is 1.02. The molecule has 3 aromatic rings. The molecule has 0 aliphatic carbocycles. The van der Waals surface area contributed by atoms with Gasteiger partial charge in [0.15, 0.2) is 0 Å². The molecule has 0 saturated carbocycles. The molecule has 3 rings (SSSR count). The topological polar surface area (TPSA) is 59.1 Å². The van der Waals surface area contributed by atoms with E-state index in [4.69, 9.17) is 0 Å². The van der Waals surface area contributed by atoms with Crippen molar-refractivity contribution in [2.75, 3.05) is 5.32 Å². The number of Topliss-reactive ketones (excluding diaryl/α,β-unsaturated/α-hetero) is 1. The summed E-state index contributed by atoms with van der Waals surface area (Å²) >= 11 is 1.44. The number of hydrogen-bond donors (Lipinski definition) is 1. The molecule has 0 saturated heterocycles. The summed E-state index contributed by atoms with van der Waals surface area (Å²) in [5.74, 6) is -1.08. The minimum absolute atomic E-state index is 0.0239. The van der Waals surface area contributed by atoms with Gasteiger partial charge in [-0.2, -0.15) is 0 Å². The van der Waals surface area contributed by atoms with Crippen LogP contribution in [0.2, 0.25) is 0 Å². The molecule has 4 nitrogen and oxygen atoms in total. The maximum absolute atomic E-state index is 12.2. The van der Waals surface area contributed by atoms with E-state index in [0.717, 1.165) is 21.3 Å². The summed E-state index contributed by atoms with van der Waals surface area (Å²) in [6.07, 6.45) is 0.0239. The Balaban J connectivity index is 1.74. The van der Waals surface area contributed by atoms with Crippen LogP contribution in [0.15, 0.2) is 42.5 Å². The van der Waals surface area contributed by atoms with E-state index in [1.165, 1.54) is 11.3 Å². The van der Waals surface area contributed by atoms with Crippen molar-refractivity contribution in [1.29, 1.82) is 0 Å². The van der Waals surface area contributed by atoms with Crippen LogP contribution in [-0.2, 0) is 16.0 Å². The molecular formula is C18H16N2O2S. The van der Waals surface area contributed by atoms with Gasteiger partial charge in [-0.3, -0.25) is 9.59 Å². The number of nitrogens with zero attached hydrogens (tertiary/aromatic N) is 1. The van der Waals surface area contributed by atoms with Crippen LogP contribution in [-0.4, -0.2) is 16.7 Å². The first kappa shape index (κ1) is 15.4. The van der Waals surface area contributed by atoms with Crippen LogP contribution in [0.3, 0.4) is 0 Å². The number of carbonyl (C=O) groups excluding carboxylic acids is 2. The summed E-state index contributed by atoms with van der Waals surface area (Å²) in [7, 11) is 0. The second-order valence-electron chi connectivity index (χ2n) is 5.40. The average molecular weight is 324 g/mol. The zero-order valence-corrected chi connectivity index (χ0v) is 13.7. The van der Waals surface area contributed by atoms with Gasteiger partial charge in [-0.15, -0.1) is 11.3 Å². The minimum Gasteiger partial charge on any atom is -0.319 e. The Morgan fingerprint density at radius 3 is 2.43 bits per heavy atom. The Kier molecular flexibility index (Phi) is 4.21. The predicted octanol–water partition coefficient (Wildman–Crippen LogP) is 3.66. The van der Waals surface area contributed by atoms with Gasteiger partial charge in [0.05, 0.1) is 16.6 Å². The third kappa shape index (κ3) is 3.29. The third-order valence-electron chi connectivity index (χ3n) is 3.62. The van der Waals surface area contributed by atoms with E-state index in [0.29, 0.717) is 10.7 Å². The molecule has 23 heavy (non-hydrogen) atoms. The SMILES string of the molecule is Cc1cccc(C)c1NC(=O)C(=O)Cc1nc2ccccc2s1. The molecule has 0 aliphatic heterocycles. The van der Waals surface area contributed by atoms with E-state index in [2.05, 4.69) is 10.3 Å². The maximum Gasteiger partial charge on any atom is 0.292 e. The number of anilines is 1. The van der Waals surface area contributed by atoms with E-state index in [-0.39, 0.29) is 6.42 Å². The lowest BCUT2D eigenvalue weighted by atomic mass is 10.1. The number of thiazole rings is 1. The first-order valence-electron chi connectivity index (χ1n) is 7.29. The lowest BCUT2D eigenvalue weighted by Crippen LogP contribution is -2.25. The van der Waals surface area contributed by atoms with Gasteiger partial charge in [0.25, 0.3) is 5.91 Å². The van der Waals surface area contributed by atoms with Gasteiger partial charge in [-0.25, -0.2) is 4.98 Å². The van der Waals surface area contributed by atoms with Crippen molar-refractivity contribution in [3.05, 3.63) is 58.6 Å². The van der Waals surface area contributed by atoms with Gasteiger partial charge in [-0.1, -0.05) is 30.3 Å². The molecule has 0 radical (unpaired) electrons. The molecule has 1 N–H and O–H groups in total. The second kappa shape index (κ2) is 6.30. The van der Waals surface area contributed by atoms with Crippen LogP contribution < -0.4 is 5.32 Å². The first-order chi connectivity index (χ1) is 11.0. The smallest absolute Gasteiger partial charge is 0.292 e. The summed E-state index contributed by atoms with van der Waals surface area (Å²) in [5, 5.41) is 3.38. The van der Waals surface area contributed by atoms with Crippen molar-refractivity contribution in [2.45, 2.75) is 20.3 Å². The highest BCUT2D eigenvalue weighted by Gasteiger charge is 2.18. The minimum atomic E-state index is -0.596. The van der Waals surface area contributed by atoms with Crippen LogP contribution >= 0.6 is 11.3 Å². The quantitative estimate of drug-likeness (QED) is 0.745. The van der Waals surface area contributed by atoms with Crippen LogP contribution in [0.25, 0.3) is 10.2 Å². The van der Waals surface area contributed by atoms with E-state index < -0.39 is 11.7 Å². The number of aromatic nitrogens is 1. The van der Waals surface area contributed by atoms with Crippen LogP contribution in [0.1, 0.15) is 16.1 Å². The molecule has 1 aromatic heterocycles. The molecule has 116 valence electrons. The maximum atomic E-state index is 12.2. The molecule has 2 aromatic carbocycles.